The minimum Gasteiger partial charge on any atom is -0.356 e. The van der Waals surface area contributed by atoms with Crippen LogP contribution >= 0.6 is 11.6 Å². The fourth-order valence-corrected chi connectivity index (χ4v) is 5.00. The molecule has 1 saturated heterocycles. The van der Waals surface area contributed by atoms with Crippen molar-refractivity contribution in [2.75, 3.05) is 24.5 Å². The smallest absolute Gasteiger partial charge is 0.223 e. The van der Waals surface area contributed by atoms with E-state index in [4.69, 9.17) is 16.7 Å². The van der Waals surface area contributed by atoms with E-state index in [2.05, 4.69) is 20.4 Å². The van der Waals surface area contributed by atoms with E-state index in [0.29, 0.717) is 22.4 Å². The summed E-state index contributed by atoms with van der Waals surface area (Å²) in [7, 11) is 0. The lowest BCUT2D eigenvalue weighted by atomic mass is 9.89. The van der Waals surface area contributed by atoms with Crippen molar-refractivity contribution in [3.05, 3.63) is 41.4 Å². The molecule has 0 spiro atoms. The predicted octanol–water partition coefficient (Wildman–Crippen LogP) is 4.36. The number of rotatable bonds is 5. The minimum absolute atomic E-state index is 0.0955. The van der Waals surface area contributed by atoms with Gasteiger partial charge in [-0.25, -0.2) is 0 Å². The van der Waals surface area contributed by atoms with E-state index < -0.39 is 0 Å². The molecule has 2 aliphatic rings. The maximum atomic E-state index is 12.7. The SMILES string of the molecule is O=C(NCC1CCCCC1)C1CCN(c2ccc3nnc(-c4ccc(Cl)cc4)n3n2)CC1. The van der Waals surface area contributed by atoms with E-state index >= 15 is 0 Å². The number of hydrogen-bond donors (Lipinski definition) is 1. The van der Waals surface area contributed by atoms with Gasteiger partial charge >= 0.3 is 0 Å². The monoisotopic (exact) mass is 452 g/mol. The summed E-state index contributed by atoms with van der Waals surface area (Å²) in [6.45, 7) is 2.48. The van der Waals surface area contributed by atoms with Crippen molar-refractivity contribution in [2.24, 2.45) is 11.8 Å². The maximum absolute atomic E-state index is 12.7. The van der Waals surface area contributed by atoms with Crippen LogP contribution < -0.4 is 10.2 Å². The number of halogens is 1. The first-order valence-corrected chi connectivity index (χ1v) is 12.1. The normalized spacial score (nSPS) is 18.2. The Bertz CT molecular complexity index is 1070. The third kappa shape index (κ3) is 4.58. The molecular weight excluding hydrogens is 424 g/mol. The van der Waals surface area contributed by atoms with Gasteiger partial charge in [0.2, 0.25) is 5.91 Å². The predicted molar refractivity (Wildman–Crippen MR) is 126 cm³/mol. The summed E-state index contributed by atoms with van der Waals surface area (Å²) in [6, 6.07) is 11.4. The van der Waals surface area contributed by atoms with E-state index in [-0.39, 0.29) is 11.8 Å². The molecular formula is C24H29ClN6O. The van der Waals surface area contributed by atoms with Gasteiger partial charge in [-0.2, -0.15) is 4.52 Å². The van der Waals surface area contributed by atoms with Crippen molar-refractivity contribution >= 4 is 29.0 Å². The van der Waals surface area contributed by atoms with Gasteiger partial charge in [-0.1, -0.05) is 30.9 Å². The summed E-state index contributed by atoms with van der Waals surface area (Å²) in [4.78, 5) is 14.9. The van der Waals surface area contributed by atoms with E-state index in [9.17, 15) is 4.79 Å². The zero-order chi connectivity index (χ0) is 21.9. The quantitative estimate of drug-likeness (QED) is 0.622. The highest BCUT2D eigenvalue weighted by molar-refractivity contribution is 6.30. The summed E-state index contributed by atoms with van der Waals surface area (Å²) in [5.41, 5.74) is 1.62. The topological polar surface area (TPSA) is 75.4 Å². The Labute approximate surface area is 193 Å². The van der Waals surface area contributed by atoms with E-state index in [1.54, 1.807) is 4.52 Å². The Morgan fingerprint density at radius 3 is 2.47 bits per heavy atom. The van der Waals surface area contributed by atoms with Crippen LogP contribution in [0.25, 0.3) is 17.0 Å². The highest BCUT2D eigenvalue weighted by Gasteiger charge is 2.26. The largest absolute Gasteiger partial charge is 0.356 e. The minimum atomic E-state index is 0.0955. The van der Waals surface area contributed by atoms with Crippen molar-refractivity contribution in [2.45, 2.75) is 44.9 Å². The lowest BCUT2D eigenvalue weighted by molar-refractivity contribution is -0.125. The first-order valence-electron chi connectivity index (χ1n) is 11.7. The van der Waals surface area contributed by atoms with Gasteiger partial charge in [0.15, 0.2) is 11.5 Å². The number of aromatic nitrogens is 4. The first kappa shape index (κ1) is 21.2. The van der Waals surface area contributed by atoms with Gasteiger partial charge in [-0.15, -0.1) is 15.3 Å². The lowest BCUT2D eigenvalue weighted by Crippen LogP contribution is -2.42. The Morgan fingerprint density at radius 1 is 0.969 bits per heavy atom. The Balaban J connectivity index is 1.22. The van der Waals surface area contributed by atoms with Crippen LogP contribution in [-0.2, 0) is 4.79 Å². The van der Waals surface area contributed by atoms with Gasteiger partial charge in [-0.05, 0) is 68.0 Å². The van der Waals surface area contributed by atoms with Crippen LogP contribution in [0.1, 0.15) is 44.9 Å². The summed E-state index contributed by atoms with van der Waals surface area (Å²) < 4.78 is 1.78. The van der Waals surface area contributed by atoms with E-state index in [1.165, 1.54) is 32.1 Å². The van der Waals surface area contributed by atoms with Crippen LogP contribution in [-0.4, -0.2) is 45.4 Å². The number of carbonyl (C=O) groups is 1. The van der Waals surface area contributed by atoms with Crippen LogP contribution in [0.4, 0.5) is 5.82 Å². The van der Waals surface area contributed by atoms with Crippen LogP contribution in [0.5, 0.6) is 0 Å². The molecule has 0 unspecified atom stereocenters. The zero-order valence-corrected chi connectivity index (χ0v) is 19.0. The number of fused-ring (bicyclic) bond motifs is 1. The van der Waals surface area contributed by atoms with Crippen molar-refractivity contribution in [3.63, 3.8) is 0 Å². The van der Waals surface area contributed by atoms with Crippen LogP contribution in [0, 0.1) is 11.8 Å². The van der Waals surface area contributed by atoms with Crippen molar-refractivity contribution < 1.29 is 4.79 Å². The van der Waals surface area contributed by atoms with Gasteiger partial charge in [0.05, 0.1) is 0 Å². The van der Waals surface area contributed by atoms with Gasteiger partial charge in [0.1, 0.15) is 5.82 Å². The molecule has 32 heavy (non-hydrogen) atoms. The number of carbonyl (C=O) groups excluding carboxylic acids is 1. The van der Waals surface area contributed by atoms with Gasteiger partial charge in [0, 0.05) is 36.1 Å². The summed E-state index contributed by atoms with van der Waals surface area (Å²) >= 11 is 6.02. The van der Waals surface area contributed by atoms with Gasteiger partial charge < -0.3 is 10.2 Å². The number of anilines is 1. The number of benzene rings is 1. The first-order chi connectivity index (χ1) is 15.7. The molecule has 3 heterocycles. The maximum Gasteiger partial charge on any atom is 0.223 e. The molecule has 3 aromatic rings. The number of amides is 1. The molecule has 0 bridgehead atoms. The van der Waals surface area contributed by atoms with Crippen molar-refractivity contribution in [3.8, 4) is 11.4 Å². The highest BCUT2D eigenvalue weighted by atomic mass is 35.5. The Kier molecular flexibility index (Phi) is 6.26. The standard InChI is InChI=1S/C24H29ClN6O/c25-20-8-6-18(7-9-20)23-28-27-21-10-11-22(29-31(21)23)30-14-12-19(13-15-30)24(32)26-16-17-4-2-1-3-5-17/h6-11,17,19H,1-5,12-16H2,(H,26,32). The van der Waals surface area contributed by atoms with Gasteiger partial charge in [-0.3, -0.25) is 4.79 Å². The van der Waals surface area contributed by atoms with E-state index in [1.807, 2.05) is 36.4 Å². The molecule has 1 N–H and O–H groups in total. The summed E-state index contributed by atoms with van der Waals surface area (Å²) in [5, 5.41) is 17.3. The second kappa shape index (κ2) is 9.45. The second-order valence-corrected chi connectivity index (χ2v) is 9.44. The average Bonchev–Trinajstić information content (AvgIpc) is 3.27. The molecule has 168 valence electrons. The number of nitrogens with zero attached hydrogens (tertiary/aromatic N) is 5. The molecule has 1 aliphatic heterocycles. The average molecular weight is 453 g/mol. The van der Waals surface area contributed by atoms with Crippen LogP contribution in [0.3, 0.4) is 0 Å². The van der Waals surface area contributed by atoms with Gasteiger partial charge in [0.25, 0.3) is 0 Å². The third-order valence-electron chi connectivity index (χ3n) is 6.83. The fraction of sp³-hybridized carbons (Fsp3) is 0.500. The molecule has 5 rings (SSSR count). The highest BCUT2D eigenvalue weighted by Crippen LogP contribution is 2.26. The molecule has 1 amide bonds. The third-order valence-corrected chi connectivity index (χ3v) is 7.08. The molecule has 2 aromatic heterocycles. The summed E-state index contributed by atoms with van der Waals surface area (Å²) in [5.74, 6) is 2.56. The van der Waals surface area contributed by atoms with Crippen LogP contribution in [0.15, 0.2) is 36.4 Å². The molecule has 7 nitrogen and oxygen atoms in total. The van der Waals surface area contributed by atoms with Crippen molar-refractivity contribution in [1.29, 1.82) is 0 Å². The van der Waals surface area contributed by atoms with Crippen LogP contribution in [0.2, 0.25) is 5.02 Å². The number of hydrogen-bond acceptors (Lipinski definition) is 5. The molecule has 2 fully saturated rings. The summed E-state index contributed by atoms with van der Waals surface area (Å²) in [6.07, 6.45) is 8.18. The number of piperidine rings is 1. The zero-order valence-electron chi connectivity index (χ0n) is 18.2. The molecule has 8 heteroatoms. The van der Waals surface area contributed by atoms with E-state index in [0.717, 1.165) is 43.9 Å². The Hall–Kier alpha value is -2.67. The Morgan fingerprint density at radius 2 is 1.72 bits per heavy atom. The molecule has 1 aromatic carbocycles. The molecule has 0 radical (unpaired) electrons. The molecule has 0 atom stereocenters. The molecule has 1 aliphatic carbocycles. The fourth-order valence-electron chi connectivity index (χ4n) is 4.88. The number of nitrogens with one attached hydrogen (secondary N) is 1. The second-order valence-electron chi connectivity index (χ2n) is 9.00. The molecule has 1 saturated carbocycles. The lowest BCUT2D eigenvalue weighted by Gasteiger charge is -2.32. The van der Waals surface area contributed by atoms with Crippen molar-refractivity contribution in [1.82, 2.24) is 25.1 Å².